The number of rotatable bonds is 3. The van der Waals surface area contributed by atoms with E-state index in [1.54, 1.807) is 12.1 Å². The quantitative estimate of drug-likeness (QED) is 0.817. The first-order valence-electron chi connectivity index (χ1n) is 7.03. The minimum atomic E-state index is -0.412. The van der Waals surface area contributed by atoms with Crippen LogP contribution in [0.15, 0.2) is 18.2 Å². The second-order valence-corrected chi connectivity index (χ2v) is 5.16. The molecule has 21 heavy (non-hydrogen) atoms. The molecule has 2 rings (SSSR count). The number of aliphatic hydroxyl groups is 1. The standard InChI is InChI=1S/C16H19FN2O2/c17-14-7-6-12(10-13(14)4-3-9-20)11-19-8-2-1-5-15(19)16(18)21/h6-7,10,15,20H,1-2,5,8-9,11H2,(H2,18,21). The summed E-state index contributed by atoms with van der Waals surface area (Å²) in [5.41, 5.74) is 6.58. The maximum Gasteiger partial charge on any atom is 0.234 e. The summed E-state index contributed by atoms with van der Waals surface area (Å²) in [7, 11) is 0. The molecule has 1 heterocycles. The van der Waals surface area contributed by atoms with Crippen LogP contribution in [0.2, 0.25) is 0 Å². The summed E-state index contributed by atoms with van der Waals surface area (Å²) in [4.78, 5) is 13.5. The molecule has 1 fully saturated rings. The Morgan fingerprint density at radius 3 is 3.00 bits per heavy atom. The van der Waals surface area contributed by atoms with Crippen LogP contribution < -0.4 is 5.73 Å². The lowest BCUT2D eigenvalue weighted by atomic mass is 10.00. The molecule has 1 saturated heterocycles. The molecular weight excluding hydrogens is 271 g/mol. The van der Waals surface area contributed by atoms with Gasteiger partial charge in [0.2, 0.25) is 5.91 Å². The van der Waals surface area contributed by atoms with Gasteiger partial charge in [-0.25, -0.2) is 4.39 Å². The molecule has 1 atom stereocenters. The van der Waals surface area contributed by atoms with Crippen molar-refractivity contribution in [3.8, 4) is 11.8 Å². The van der Waals surface area contributed by atoms with E-state index in [0.717, 1.165) is 31.4 Å². The molecular formula is C16H19FN2O2. The van der Waals surface area contributed by atoms with Crippen LogP contribution in [0.25, 0.3) is 0 Å². The van der Waals surface area contributed by atoms with Crippen molar-refractivity contribution in [3.63, 3.8) is 0 Å². The van der Waals surface area contributed by atoms with Gasteiger partial charge in [0.15, 0.2) is 0 Å². The zero-order valence-electron chi connectivity index (χ0n) is 11.8. The summed E-state index contributed by atoms with van der Waals surface area (Å²) < 4.78 is 13.6. The van der Waals surface area contributed by atoms with Crippen LogP contribution in [0.5, 0.6) is 0 Å². The number of hydrogen-bond donors (Lipinski definition) is 2. The van der Waals surface area contributed by atoms with E-state index in [1.165, 1.54) is 6.07 Å². The van der Waals surface area contributed by atoms with Crippen LogP contribution >= 0.6 is 0 Å². The van der Waals surface area contributed by atoms with Gasteiger partial charge in [0, 0.05) is 6.54 Å². The predicted molar refractivity (Wildman–Crippen MR) is 77.6 cm³/mol. The van der Waals surface area contributed by atoms with Gasteiger partial charge in [-0.1, -0.05) is 24.3 Å². The molecule has 0 aliphatic carbocycles. The Labute approximate surface area is 123 Å². The average molecular weight is 290 g/mol. The molecule has 0 aromatic heterocycles. The number of nitrogens with two attached hydrogens (primary N) is 1. The topological polar surface area (TPSA) is 66.6 Å². The van der Waals surface area contributed by atoms with Crippen molar-refractivity contribution in [2.75, 3.05) is 13.2 Å². The molecule has 1 aromatic carbocycles. The van der Waals surface area contributed by atoms with Gasteiger partial charge in [-0.05, 0) is 37.1 Å². The first-order valence-corrected chi connectivity index (χ1v) is 7.03. The van der Waals surface area contributed by atoms with E-state index in [1.807, 2.05) is 4.90 Å². The highest BCUT2D eigenvalue weighted by molar-refractivity contribution is 5.79. The van der Waals surface area contributed by atoms with Crippen molar-refractivity contribution in [2.45, 2.75) is 31.8 Å². The first-order chi connectivity index (χ1) is 10.1. The largest absolute Gasteiger partial charge is 0.384 e. The second-order valence-electron chi connectivity index (χ2n) is 5.16. The molecule has 4 nitrogen and oxygen atoms in total. The highest BCUT2D eigenvalue weighted by atomic mass is 19.1. The molecule has 0 spiro atoms. The number of halogens is 1. The summed E-state index contributed by atoms with van der Waals surface area (Å²) in [6.07, 6.45) is 2.80. The Morgan fingerprint density at radius 1 is 1.48 bits per heavy atom. The van der Waals surface area contributed by atoms with E-state index in [4.69, 9.17) is 10.8 Å². The van der Waals surface area contributed by atoms with E-state index in [-0.39, 0.29) is 24.1 Å². The van der Waals surface area contributed by atoms with Crippen LogP contribution in [-0.4, -0.2) is 35.1 Å². The van der Waals surface area contributed by atoms with Gasteiger partial charge in [-0.3, -0.25) is 9.69 Å². The van der Waals surface area contributed by atoms with Gasteiger partial charge >= 0.3 is 0 Å². The number of benzene rings is 1. The summed E-state index contributed by atoms with van der Waals surface area (Å²) in [6.45, 7) is 1.05. The molecule has 1 aromatic rings. The molecule has 112 valence electrons. The van der Waals surface area contributed by atoms with Crippen molar-refractivity contribution < 1.29 is 14.3 Å². The van der Waals surface area contributed by atoms with Gasteiger partial charge in [0.05, 0.1) is 11.6 Å². The molecule has 0 bridgehead atoms. The SMILES string of the molecule is NC(=O)C1CCCCN1Cc1ccc(F)c(C#CCO)c1. The van der Waals surface area contributed by atoms with E-state index in [2.05, 4.69) is 11.8 Å². The fraction of sp³-hybridized carbons (Fsp3) is 0.438. The summed E-state index contributed by atoms with van der Waals surface area (Å²) in [6, 6.07) is 4.45. The number of primary amides is 1. The van der Waals surface area contributed by atoms with Crippen molar-refractivity contribution in [2.24, 2.45) is 5.73 Å². The van der Waals surface area contributed by atoms with E-state index < -0.39 is 5.82 Å². The molecule has 0 saturated carbocycles. The monoisotopic (exact) mass is 290 g/mol. The lowest BCUT2D eigenvalue weighted by Crippen LogP contribution is -2.47. The average Bonchev–Trinajstić information content (AvgIpc) is 2.48. The summed E-state index contributed by atoms with van der Waals surface area (Å²) in [5.74, 6) is 4.31. The maximum atomic E-state index is 13.6. The Morgan fingerprint density at radius 2 is 2.29 bits per heavy atom. The minimum Gasteiger partial charge on any atom is -0.384 e. The number of hydrogen-bond acceptors (Lipinski definition) is 3. The highest BCUT2D eigenvalue weighted by Gasteiger charge is 2.26. The molecule has 1 unspecified atom stereocenters. The van der Waals surface area contributed by atoms with Gasteiger partial charge in [-0.15, -0.1) is 0 Å². The minimum absolute atomic E-state index is 0.254. The molecule has 1 aliphatic rings. The second kappa shape index (κ2) is 7.21. The van der Waals surface area contributed by atoms with Gasteiger partial charge in [0.1, 0.15) is 12.4 Å². The molecule has 1 amide bonds. The lowest BCUT2D eigenvalue weighted by Gasteiger charge is -2.33. The molecule has 3 N–H and O–H groups in total. The third-order valence-corrected chi connectivity index (χ3v) is 3.66. The summed E-state index contributed by atoms with van der Waals surface area (Å²) >= 11 is 0. The van der Waals surface area contributed by atoms with Crippen LogP contribution in [0, 0.1) is 17.7 Å². The van der Waals surface area contributed by atoms with Gasteiger partial charge in [-0.2, -0.15) is 0 Å². The number of carbonyl (C=O) groups is 1. The highest BCUT2D eigenvalue weighted by Crippen LogP contribution is 2.20. The van der Waals surface area contributed by atoms with Gasteiger partial charge < -0.3 is 10.8 Å². The van der Waals surface area contributed by atoms with Crippen molar-refractivity contribution in [3.05, 3.63) is 35.1 Å². The lowest BCUT2D eigenvalue weighted by molar-refractivity contribution is -0.124. The molecule has 5 heteroatoms. The van der Waals surface area contributed by atoms with Crippen molar-refractivity contribution in [1.82, 2.24) is 4.90 Å². The van der Waals surface area contributed by atoms with Crippen molar-refractivity contribution >= 4 is 5.91 Å². The van der Waals surface area contributed by atoms with Crippen LogP contribution in [0.1, 0.15) is 30.4 Å². The first kappa shape index (κ1) is 15.5. The fourth-order valence-electron chi connectivity index (χ4n) is 2.64. The maximum absolute atomic E-state index is 13.6. The van der Waals surface area contributed by atoms with E-state index in [9.17, 15) is 9.18 Å². The molecule has 0 radical (unpaired) electrons. The zero-order chi connectivity index (χ0) is 15.2. The van der Waals surface area contributed by atoms with Crippen LogP contribution in [0.3, 0.4) is 0 Å². The number of carbonyl (C=O) groups excluding carboxylic acids is 1. The number of likely N-dealkylation sites (tertiary alicyclic amines) is 1. The van der Waals surface area contributed by atoms with Gasteiger partial charge in [0.25, 0.3) is 0 Å². The Balaban J connectivity index is 2.16. The zero-order valence-corrected chi connectivity index (χ0v) is 11.8. The number of amides is 1. The van der Waals surface area contributed by atoms with E-state index in [0.29, 0.717) is 6.54 Å². The Bertz CT molecular complexity index is 577. The van der Waals surface area contributed by atoms with Crippen molar-refractivity contribution in [1.29, 1.82) is 0 Å². The Hall–Kier alpha value is -1.90. The smallest absolute Gasteiger partial charge is 0.234 e. The number of aliphatic hydroxyl groups excluding tert-OH is 1. The summed E-state index contributed by atoms with van der Waals surface area (Å²) in [5, 5.41) is 8.69. The molecule has 1 aliphatic heterocycles. The normalized spacial score (nSPS) is 18.9. The predicted octanol–water partition coefficient (Wildman–Crippen LogP) is 1.01. The third kappa shape index (κ3) is 4.03. The fourth-order valence-corrected chi connectivity index (χ4v) is 2.64. The third-order valence-electron chi connectivity index (χ3n) is 3.66. The van der Waals surface area contributed by atoms with Crippen LogP contribution in [0.4, 0.5) is 4.39 Å². The number of piperidine rings is 1. The van der Waals surface area contributed by atoms with E-state index >= 15 is 0 Å². The van der Waals surface area contributed by atoms with Crippen LogP contribution in [-0.2, 0) is 11.3 Å². The Kier molecular flexibility index (Phi) is 5.32. The number of nitrogens with zero attached hydrogens (tertiary/aromatic N) is 1.